The first-order chi connectivity index (χ1) is 24.0. The molecular formula is C38H15F11OS. The second-order valence-electron chi connectivity index (χ2n) is 10.9. The summed E-state index contributed by atoms with van der Waals surface area (Å²) in [6, 6.07) is 15.1. The zero-order valence-corrected chi connectivity index (χ0v) is 26.0. The van der Waals surface area contributed by atoms with Crippen molar-refractivity contribution < 1.29 is 53.0 Å². The molecule has 6 rings (SSSR count). The predicted molar refractivity (Wildman–Crippen MR) is 170 cm³/mol. The molecule has 0 aliphatic rings. The van der Waals surface area contributed by atoms with E-state index in [1.54, 1.807) is 24.3 Å². The molecule has 0 amide bonds. The SMILES string of the molecule is Fc1cc2cc(OC(F)(F)c3c(F)cc(-c4c(F)cc5cc(C#Cc6ccc(S)cc6)ccc5c4F)cc3F)ccc2c(F)c1C#CC(F)(F)F. The first-order valence-electron chi connectivity index (χ1n) is 14.3. The Morgan fingerprint density at radius 3 is 1.78 bits per heavy atom. The van der Waals surface area contributed by atoms with Crippen molar-refractivity contribution in [2.75, 3.05) is 0 Å². The zero-order valence-electron chi connectivity index (χ0n) is 25.1. The van der Waals surface area contributed by atoms with Crippen LogP contribution in [0.15, 0.2) is 89.8 Å². The van der Waals surface area contributed by atoms with Crippen LogP contribution >= 0.6 is 12.6 Å². The fraction of sp³-hybridized carbons (Fsp3) is 0.0526. The molecule has 0 aliphatic heterocycles. The lowest BCUT2D eigenvalue weighted by molar-refractivity contribution is -0.189. The van der Waals surface area contributed by atoms with E-state index in [9.17, 15) is 22.0 Å². The lowest BCUT2D eigenvalue weighted by Gasteiger charge is -2.20. The van der Waals surface area contributed by atoms with Crippen LogP contribution in [-0.4, -0.2) is 6.18 Å². The molecule has 0 atom stereocenters. The van der Waals surface area contributed by atoms with Crippen LogP contribution in [0.2, 0.25) is 0 Å². The van der Waals surface area contributed by atoms with E-state index >= 15 is 26.3 Å². The summed E-state index contributed by atoms with van der Waals surface area (Å²) >= 11 is 4.19. The van der Waals surface area contributed by atoms with Crippen LogP contribution in [-0.2, 0) is 6.11 Å². The van der Waals surface area contributed by atoms with Gasteiger partial charge in [0.25, 0.3) is 0 Å². The summed E-state index contributed by atoms with van der Waals surface area (Å²) in [7, 11) is 0. The number of benzene rings is 6. The van der Waals surface area contributed by atoms with Crippen molar-refractivity contribution in [3.05, 3.63) is 142 Å². The Balaban J connectivity index is 1.30. The van der Waals surface area contributed by atoms with E-state index in [0.29, 0.717) is 29.3 Å². The third-order valence-electron chi connectivity index (χ3n) is 7.44. The van der Waals surface area contributed by atoms with Gasteiger partial charge in [-0.05, 0) is 95.2 Å². The van der Waals surface area contributed by atoms with Gasteiger partial charge in [0.1, 0.15) is 46.2 Å². The molecule has 0 aliphatic carbocycles. The van der Waals surface area contributed by atoms with E-state index < -0.39 is 86.0 Å². The Labute approximate surface area is 286 Å². The Morgan fingerprint density at radius 1 is 0.549 bits per heavy atom. The fourth-order valence-corrected chi connectivity index (χ4v) is 5.33. The highest BCUT2D eigenvalue weighted by Crippen LogP contribution is 2.40. The molecule has 0 fully saturated rings. The molecule has 256 valence electrons. The standard InChI is InChI=1S/C38H15F11OS/c39-29-15-22-14-24(6-10-26(22)35(43)28(29)11-12-37(45,46)47)50-38(48,49)34-31(41)17-23(18-32(34)42)33-30(40)16-21-13-20(5-9-27(21)36(33)44)2-1-19-3-7-25(51)8-4-19/h3-10,13-18,51H. The van der Waals surface area contributed by atoms with Crippen LogP contribution in [0.4, 0.5) is 48.3 Å². The molecular weight excluding hydrogens is 713 g/mol. The number of rotatable bonds is 4. The maximum atomic E-state index is 15.6. The van der Waals surface area contributed by atoms with Crippen LogP contribution in [0.25, 0.3) is 32.7 Å². The largest absolute Gasteiger partial charge is 0.458 e. The molecule has 6 aromatic rings. The van der Waals surface area contributed by atoms with E-state index in [4.69, 9.17) is 0 Å². The fourth-order valence-electron chi connectivity index (χ4n) is 5.18. The van der Waals surface area contributed by atoms with Crippen molar-refractivity contribution in [3.8, 4) is 40.6 Å². The van der Waals surface area contributed by atoms with Gasteiger partial charge in [0, 0.05) is 32.7 Å². The van der Waals surface area contributed by atoms with Gasteiger partial charge in [0.2, 0.25) is 0 Å². The highest BCUT2D eigenvalue weighted by molar-refractivity contribution is 7.80. The normalized spacial score (nSPS) is 11.6. The molecule has 13 heteroatoms. The van der Waals surface area contributed by atoms with Gasteiger partial charge in [0.15, 0.2) is 0 Å². The number of ether oxygens (including phenoxy) is 1. The minimum atomic E-state index is -5.06. The molecule has 51 heavy (non-hydrogen) atoms. The highest BCUT2D eigenvalue weighted by atomic mass is 32.1. The summed E-state index contributed by atoms with van der Waals surface area (Å²) in [4.78, 5) is 0.727. The Bertz CT molecular complexity index is 2480. The average Bonchev–Trinajstić information content (AvgIpc) is 3.03. The van der Waals surface area contributed by atoms with Crippen LogP contribution in [0.5, 0.6) is 5.75 Å². The summed E-state index contributed by atoms with van der Waals surface area (Å²) in [5.74, 6) is -2.50. The molecule has 0 radical (unpaired) electrons. The predicted octanol–water partition coefficient (Wildman–Crippen LogP) is 11.2. The van der Waals surface area contributed by atoms with Crippen molar-refractivity contribution in [2.24, 2.45) is 0 Å². The van der Waals surface area contributed by atoms with E-state index in [1.165, 1.54) is 24.1 Å². The molecule has 0 N–H and O–H groups in total. The third-order valence-corrected chi connectivity index (χ3v) is 7.74. The minimum absolute atomic E-state index is 0.0596. The van der Waals surface area contributed by atoms with Crippen molar-refractivity contribution in [1.82, 2.24) is 0 Å². The molecule has 0 saturated heterocycles. The van der Waals surface area contributed by atoms with Crippen LogP contribution in [0, 0.1) is 58.6 Å². The minimum Gasteiger partial charge on any atom is -0.429 e. The second-order valence-corrected chi connectivity index (χ2v) is 11.4. The number of hydrogen-bond donors (Lipinski definition) is 1. The molecule has 1 nitrogen and oxygen atoms in total. The van der Waals surface area contributed by atoms with Gasteiger partial charge in [-0.25, -0.2) is 26.3 Å². The monoisotopic (exact) mass is 728 g/mol. The van der Waals surface area contributed by atoms with Crippen molar-refractivity contribution >= 4 is 34.2 Å². The van der Waals surface area contributed by atoms with Gasteiger partial charge in [-0.3, -0.25) is 0 Å². The number of alkyl halides is 5. The average molecular weight is 729 g/mol. The van der Waals surface area contributed by atoms with Gasteiger partial charge in [-0.1, -0.05) is 23.8 Å². The van der Waals surface area contributed by atoms with Crippen molar-refractivity contribution in [1.29, 1.82) is 0 Å². The first kappa shape index (κ1) is 35.2. The molecule has 0 spiro atoms. The Hall–Kier alpha value is -5.66. The van der Waals surface area contributed by atoms with Gasteiger partial charge in [-0.15, -0.1) is 12.6 Å². The lowest BCUT2D eigenvalue weighted by atomic mass is 9.97. The summed E-state index contributed by atoms with van der Waals surface area (Å²) in [5.41, 5.74) is -3.78. The number of thiol groups is 1. The molecule has 0 heterocycles. The maximum absolute atomic E-state index is 15.6. The second kappa shape index (κ2) is 13.2. The number of hydrogen-bond acceptors (Lipinski definition) is 2. The molecule has 0 bridgehead atoms. The van der Waals surface area contributed by atoms with Gasteiger partial charge in [0.05, 0.1) is 11.1 Å². The van der Waals surface area contributed by atoms with Crippen molar-refractivity contribution in [2.45, 2.75) is 17.2 Å². The van der Waals surface area contributed by atoms with E-state index in [-0.39, 0.29) is 22.9 Å². The van der Waals surface area contributed by atoms with Gasteiger partial charge in [-0.2, -0.15) is 22.0 Å². The van der Waals surface area contributed by atoms with E-state index in [1.807, 2.05) is 0 Å². The summed E-state index contributed by atoms with van der Waals surface area (Å²) in [5, 5.41) is -1.08. The number of halogens is 11. The lowest BCUT2D eigenvalue weighted by Crippen LogP contribution is -2.25. The Kier molecular flexibility index (Phi) is 9.13. The van der Waals surface area contributed by atoms with Crippen LogP contribution in [0.1, 0.15) is 22.3 Å². The summed E-state index contributed by atoms with van der Waals surface area (Å²) < 4.78 is 162. The van der Waals surface area contributed by atoms with Gasteiger partial charge < -0.3 is 4.74 Å². The van der Waals surface area contributed by atoms with Crippen LogP contribution in [0.3, 0.4) is 0 Å². The quantitative estimate of drug-likeness (QED) is 0.108. The summed E-state index contributed by atoms with van der Waals surface area (Å²) in [6.45, 7) is 0. The van der Waals surface area contributed by atoms with Crippen LogP contribution < -0.4 is 4.74 Å². The Morgan fingerprint density at radius 2 is 1.12 bits per heavy atom. The molecule has 6 aromatic carbocycles. The maximum Gasteiger partial charge on any atom is 0.458 e. The first-order valence-corrected chi connectivity index (χ1v) is 14.8. The number of fused-ring (bicyclic) bond motifs is 2. The molecule has 0 unspecified atom stereocenters. The van der Waals surface area contributed by atoms with Gasteiger partial charge >= 0.3 is 12.3 Å². The third kappa shape index (κ3) is 7.30. The topological polar surface area (TPSA) is 9.23 Å². The van der Waals surface area contributed by atoms with E-state index in [2.05, 4.69) is 29.2 Å². The summed E-state index contributed by atoms with van der Waals surface area (Å²) in [6.07, 6.45) is -9.85. The molecule has 0 aromatic heterocycles. The van der Waals surface area contributed by atoms with E-state index in [0.717, 1.165) is 22.9 Å². The van der Waals surface area contributed by atoms with Crippen molar-refractivity contribution in [3.63, 3.8) is 0 Å². The zero-order chi connectivity index (χ0) is 36.8. The highest BCUT2D eigenvalue weighted by Gasteiger charge is 2.41. The smallest absolute Gasteiger partial charge is 0.429 e. The molecule has 0 saturated carbocycles.